The van der Waals surface area contributed by atoms with Gasteiger partial charge in [0.15, 0.2) is 11.5 Å². The van der Waals surface area contributed by atoms with Crippen molar-refractivity contribution in [3.8, 4) is 11.1 Å². The molecular weight excluding hydrogens is 375 g/mol. The lowest BCUT2D eigenvalue weighted by Gasteiger charge is -2.33. The van der Waals surface area contributed by atoms with Crippen LogP contribution in [0.2, 0.25) is 0 Å². The fourth-order valence-electron chi connectivity index (χ4n) is 4.04. The summed E-state index contributed by atoms with van der Waals surface area (Å²) in [6, 6.07) is 3.26. The average molecular weight is 396 g/mol. The van der Waals surface area contributed by atoms with Gasteiger partial charge in [-0.1, -0.05) is 0 Å². The first kappa shape index (κ1) is 17.9. The van der Waals surface area contributed by atoms with Crippen LogP contribution in [-0.2, 0) is 0 Å². The Morgan fingerprint density at radius 1 is 1.34 bits per heavy atom. The molecule has 29 heavy (non-hydrogen) atoms. The fourth-order valence-corrected chi connectivity index (χ4v) is 4.04. The van der Waals surface area contributed by atoms with E-state index in [-0.39, 0.29) is 17.2 Å². The Bertz CT molecular complexity index is 1260. The molecule has 0 amide bonds. The highest BCUT2D eigenvalue weighted by atomic mass is 19.1. The highest BCUT2D eigenvalue weighted by Gasteiger charge is 2.29. The van der Waals surface area contributed by atoms with Crippen molar-refractivity contribution in [3.05, 3.63) is 53.1 Å². The number of fused-ring (bicyclic) bond motifs is 2. The van der Waals surface area contributed by atoms with Gasteiger partial charge < -0.3 is 14.8 Å². The minimum absolute atomic E-state index is 0.142. The van der Waals surface area contributed by atoms with E-state index in [9.17, 15) is 14.3 Å². The summed E-state index contributed by atoms with van der Waals surface area (Å²) in [6.45, 7) is 1.85. The maximum Gasteiger partial charge on any atom is 0.277 e. The number of rotatable bonds is 3. The fraction of sp³-hybridized carbons (Fsp3) is 0.350. The molecule has 9 heteroatoms. The van der Waals surface area contributed by atoms with Crippen LogP contribution in [0.3, 0.4) is 0 Å². The van der Waals surface area contributed by atoms with Crippen LogP contribution in [0, 0.1) is 5.82 Å². The number of imidazole rings is 1. The predicted molar refractivity (Wildman–Crippen MR) is 106 cm³/mol. The van der Waals surface area contributed by atoms with Crippen molar-refractivity contribution in [2.24, 2.45) is 0 Å². The molecule has 4 aromatic rings. The number of aliphatic hydroxyl groups is 1. The number of aromatic amines is 1. The molecule has 4 aromatic heterocycles. The molecule has 0 radical (unpaired) electrons. The second kappa shape index (κ2) is 6.41. The molecular formula is C20H21FN6O2. The number of H-pyrrole nitrogens is 1. The number of aromatic nitrogens is 5. The molecule has 4 heterocycles. The van der Waals surface area contributed by atoms with Crippen molar-refractivity contribution in [1.29, 1.82) is 0 Å². The third-order valence-corrected chi connectivity index (χ3v) is 5.68. The monoisotopic (exact) mass is 396 g/mol. The van der Waals surface area contributed by atoms with E-state index in [2.05, 4.69) is 20.4 Å². The second-order valence-electron chi connectivity index (χ2n) is 7.98. The summed E-state index contributed by atoms with van der Waals surface area (Å²) in [7, 11) is 0. The zero-order valence-electron chi connectivity index (χ0n) is 15.9. The van der Waals surface area contributed by atoms with Crippen LogP contribution in [-0.4, -0.2) is 40.7 Å². The van der Waals surface area contributed by atoms with Crippen molar-refractivity contribution in [1.82, 2.24) is 24.0 Å². The van der Waals surface area contributed by atoms with Crippen molar-refractivity contribution in [2.45, 2.75) is 44.2 Å². The van der Waals surface area contributed by atoms with Gasteiger partial charge in [-0.05, 0) is 44.7 Å². The lowest BCUT2D eigenvalue weighted by molar-refractivity contribution is 0.0195. The summed E-state index contributed by atoms with van der Waals surface area (Å²) in [5.41, 5.74) is 0.815. The molecule has 0 atom stereocenters. The van der Waals surface area contributed by atoms with Gasteiger partial charge in [-0.2, -0.15) is 0 Å². The topological polar surface area (TPSA) is 99.7 Å². The number of pyridine rings is 1. The predicted octanol–water partition coefficient (Wildman–Crippen LogP) is 2.58. The van der Waals surface area contributed by atoms with Gasteiger partial charge in [0.25, 0.3) is 5.56 Å². The number of nitrogens with one attached hydrogen (secondary N) is 2. The summed E-state index contributed by atoms with van der Waals surface area (Å²) in [6.07, 6.45) is 9.61. The molecule has 0 aromatic carbocycles. The lowest BCUT2D eigenvalue weighted by atomic mass is 9.84. The van der Waals surface area contributed by atoms with E-state index in [1.54, 1.807) is 29.1 Å². The van der Waals surface area contributed by atoms with E-state index >= 15 is 0 Å². The van der Waals surface area contributed by atoms with Gasteiger partial charge in [0.2, 0.25) is 5.95 Å². The molecule has 1 aliphatic rings. The molecule has 3 N–H and O–H groups in total. The Balaban J connectivity index is 1.49. The Morgan fingerprint density at radius 2 is 2.14 bits per heavy atom. The van der Waals surface area contributed by atoms with Crippen LogP contribution in [0.15, 0.2) is 41.7 Å². The molecule has 0 bridgehead atoms. The number of anilines is 1. The Kier molecular flexibility index (Phi) is 3.95. The highest BCUT2D eigenvalue weighted by molar-refractivity contribution is 5.80. The van der Waals surface area contributed by atoms with E-state index in [1.165, 1.54) is 16.8 Å². The van der Waals surface area contributed by atoms with Crippen LogP contribution in [0.1, 0.15) is 32.6 Å². The molecule has 8 nitrogen and oxygen atoms in total. The normalized spacial score (nSPS) is 22.4. The van der Waals surface area contributed by atoms with Crippen LogP contribution < -0.4 is 10.9 Å². The highest BCUT2D eigenvalue weighted by Crippen LogP contribution is 2.29. The van der Waals surface area contributed by atoms with Gasteiger partial charge in [0.05, 0.1) is 5.60 Å². The number of hydrogen-bond donors (Lipinski definition) is 3. The molecule has 1 aliphatic carbocycles. The molecule has 5 rings (SSSR count). The van der Waals surface area contributed by atoms with Crippen LogP contribution >= 0.6 is 0 Å². The van der Waals surface area contributed by atoms with E-state index < -0.39 is 11.4 Å². The van der Waals surface area contributed by atoms with Crippen LogP contribution in [0.5, 0.6) is 0 Å². The zero-order valence-corrected chi connectivity index (χ0v) is 15.9. The first-order chi connectivity index (χ1) is 13.9. The van der Waals surface area contributed by atoms with Crippen LogP contribution in [0.25, 0.3) is 22.3 Å². The van der Waals surface area contributed by atoms with E-state index in [0.29, 0.717) is 35.4 Å². The quantitative estimate of drug-likeness (QED) is 0.494. The molecule has 0 spiro atoms. The van der Waals surface area contributed by atoms with Gasteiger partial charge in [-0.3, -0.25) is 9.78 Å². The largest absolute Gasteiger partial charge is 0.390 e. The molecule has 1 fully saturated rings. The SMILES string of the molecule is CC1(O)CCC(Nc2nn3ccc(-c4cc(F)c5nccn5c4)c3c(=O)[nH]2)CC1. The lowest BCUT2D eigenvalue weighted by Crippen LogP contribution is -2.36. The minimum atomic E-state index is -0.621. The minimum Gasteiger partial charge on any atom is -0.390 e. The van der Waals surface area contributed by atoms with Crippen molar-refractivity contribution in [3.63, 3.8) is 0 Å². The molecule has 1 saturated carbocycles. The van der Waals surface area contributed by atoms with E-state index in [4.69, 9.17) is 0 Å². The first-order valence-corrected chi connectivity index (χ1v) is 9.63. The third-order valence-electron chi connectivity index (χ3n) is 5.68. The standard InChI is InChI=1S/C20H21FN6O2/c1-20(29)5-2-13(3-6-20)23-19-24-18(28)16-14(4-8-27(16)25-19)12-10-15(21)17-22-7-9-26(17)11-12/h4,7-11,13,29H,2-3,5-6H2,1H3,(H2,23,24,25,28). The third kappa shape index (κ3) is 3.17. The summed E-state index contributed by atoms with van der Waals surface area (Å²) < 4.78 is 17.4. The molecule has 0 aliphatic heterocycles. The summed E-state index contributed by atoms with van der Waals surface area (Å²) in [5.74, 6) is -0.0739. The Hall–Kier alpha value is -3.20. The van der Waals surface area contributed by atoms with Gasteiger partial charge in [-0.15, -0.1) is 5.10 Å². The molecule has 0 saturated heterocycles. The summed E-state index contributed by atoms with van der Waals surface area (Å²) in [4.78, 5) is 19.6. The summed E-state index contributed by atoms with van der Waals surface area (Å²) in [5, 5.41) is 17.8. The second-order valence-corrected chi connectivity index (χ2v) is 7.98. The number of hydrogen-bond acceptors (Lipinski definition) is 5. The summed E-state index contributed by atoms with van der Waals surface area (Å²) >= 11 is 0. The van der Waals surface area contributed by atoms with Gasteiger partial charge in [-0.25, -0.2) is 13.9 Å². The van der Waals surface area contributed by atoms with Crippen LogP contribution in [0.4, 0.5) is 10.3 Å². The smallest absolute Gasteiger partial charge is 0.277 e. The average Bonchev–Trinajstić information content (AvgIpc) is 3.30. The van der Waals surface area contributed by atoms with Gasteiger partial charge in [0.1, 0.15) is 5.52 Å². The van der Waals surface area contributed by atoms with Gasteiger partial charge in [0, 0.05) is 42.0 Å². The van der Waals surface area contributed by atoms with E-state index in [0.717, 1.165) is 12.8 Å². The zero-order chi connectivity index (χ0) is 20.2. The molecule has 150 valence electrons. The van der Waals surface area contributed by atoms with Crippen molar-refractivity contribution in [2.75, 3.05) is 5.32 Å². The molecule has 0 unspecified atom stereocenters. The van der Waals surface area contributed by atoms with Crippen molar-refractivity contribution < 1.29 is 9.50 Å². The number of halogens is 1. The maximum absolute atomic E-state index is 14.3. The van der Waals surface area contributed by atoms with Gasteiger partial charge >= 0.3 is 0 Å². The first-order valence-electron chi connectivity index (χ1n) is 9.63. The number of nitrogens with zero attached hydrogens (tertiary/aromatic N) is 4. The Labute approximate surface area is 165 Å². The van der Waals surface area contributed by atoms with E-state index in [1.807, 2.05) is 6.92 Å². The van der Waals surface area contributed by atoms with Crippen molar-refractivity contribution >= 4 is 17.1 Å². The maximum atomic E-state index is 14.3. The Morgan fingerprint density at radius 3 is 2.93 bits per heavy atom.